The van der Waals surface area contributed by atoms with Crippen LogP contribution in [0.1, 0.15) is 17.5 Å². The second kappa shape index (κ2) is 7.89. The highest BCUT2D eigenvalue weighted by Crippen LogP contribution is 2.35. The predicted molar refractivity (Wildman–Crippen MR) is 104 cm³/mol. The van der Waals surface area contributed by atoms with Crippen molar-refractivity contribution in [3.63, 3.8) is 0 Å². The monoisotopic (exact) mass is 404 g/mol. The summed E-state index contributed by atoms with van der Waals surface area (Å²) in [5, 5.41) is 18.7. The fraction of sp³-hybridized carbons (Fsp3) is 0.235. The molecule has 1 fully saturated rings. The Kier molecular flexibility index (Phi) is 5.57. The number of carbonyl (C=O) groups is 2. The third kappa shape index (κ3) is 4.34. The van der Waals surface area contributed by atoms with Crippen LogP contribution in [0.2, 0.25) is 0 Å². The zero-order valence-corrected chi connectivity index (χ0v) is 16.4. The number of aliphatic carboxylic acids is 1. The third-order valence-electron chi connectivity index (χ3n) is 3.57. The van der Waals surface area contributed by atoms with E-state index in [1.165, 1.54) is 34.9 Å². The molecule has 1 N–H and O–H groups in total. The second-order valence-corrected chi connectivity index (χ2v) is 7.78. The number of aryl methyl sites for hydroxylation is 1. The topological polar surface area (TPSA) is 105 Å². The number of aromatic nitrogens is 2. The third-order valence-corrected chi connectivity index (χ3v) is 5.36. The van der Waals surface area contributed by atoms with Gasteiger partial charge in [-0.25, -0.2) is 4.79 Å². The maximum atomic E-state index is 12.5. The number of carbonyl (C=O) groups excluding carboxylic acids is 1. The molecule has 1 aliphatic heterocycles. The van der Waals surface area contributed by atoms with E-state index in [9.17, 15) is 9.59 Å². The molecule has 2 heterocycles. The number of amides is 1. The number of aliphatic imine (C=N–C) groups is 1. The van der Waals surface area contributed by atoms with Crippen molar-refractivity contribution in [1.29, 1.82) is 0 Å². The van der Waals surface area contributed by atoms with Gasteiger partial charge in [0.25, 0.3) is 5.91 Å². The van der Waals surface area contributed by atoms with E-state index in [2.05, 4.69) is 15.2 Å². The van der Waals surface area contributed by atoms with Crippen LogP contribution >= 0.6 is 23.1 Å². The minimum Gasteiger partial charge on any atom is -0.479 e. The molecule has 1 aromatic heterocycles. The molecule has 3 rings (SSSR count). The summed E-state index contributed by atoms with van der Waals surface area (Å²) in [5.41, 5.74) is 0.614. The van der Waals surface area contributed by atoms with Gasteiger partial charge >= 0.3 is 5.97 Å². The number of para-hydroxylation sites is 1. The number of thioether (sulfide) groups is 1. The molecule has 0 radical (unpaired) electrons. The van der Waals surface area contributed by atoms with E-state index >= 15 is 0 Å². The average Bonchev–Trinajstić information content (AvgIpc) is 3.15. The number of carboxylic acids is 1. The lowest BCUT2D eigenvalue weighted by Gasteiger charge is -2.12. The Hall–Kier alpha value is -2.72. The fourth-order valence-corrected chi connectivity index (χ4v) is 3.73. The first-order valence-electron chi connectivity index (χ1n) is 7.90. The average molecular weight is 404 g/mol. The van der Waals surface area contributed by atoms with Crippen LogP contribution in [0.25, 0.3) is 6.08 Å². The quantitative estimate of drug-likeness (QED) is 0.764. The SMILES string of the molecule is Cc1nnc(/N=C2/S/C(=C/c3ccccc3OC(C)C(=O)O)C(=O)N2C)s1. The van der Waals surface area contributed by atoms with Gasteiger partial charge in [0.15, 0.2) is 11.3 Å². The maximum Gasteiger partial charge on any atom is 0.344 e. The summed E-state index contributed by atoms with van der Waals surface area (Å²) >= 11 is 2.55. The number of hydrogen-bond donors (Lipinski definition) is 1. The Morgan fingerprint density at radius 2 is 2.11 bits per heavy atom. The van der Waals surface area contributed by atoms with Crippen molar-refractivity contribution in [2.45, 2.75) is 20.0 Å². The Morgan fingerprint density at radius 3 is 2.78 bits per heavy atom. The van der Waals surface area contributed by atoms with E-state index in [1.54, 1.807) is 37.4 Å². The molecule has 8 nitrogen and oxygen atoms in total. The summed E-state index contributed by atoms with van der Waals surface area (Å²) in [6.07, 6.45) is 0.665. The largest absolute Gasteiger partial charge is 0.479 e. The second-order valence-electron chi connectivity index (χ2n) is 5.61. The van der Waals surface area contributed by atoms with Gasteiger partial charge < -0.3 is 9.84 Å². The van der Waals surface area contributed by atoms with Crippen molar-refractivity contribution in [2.75, 3.05) is 7.05 Å². The minimum absolute atomic E-state index is 0.207. The molecule has 27 heavy (non-hydrogen) atoms. The highest BCUT2D eigenvalue weighted by Gasteiger charge is 2.31. The molecule has 140 valence electrons. The maximum absolute atomic E-state index is 12.5. The lowest BCUT2D eigenvalue weighted by Crippen LogP contribution is -2.24. The summed E-state index contributed by atoms with van der Waals surface area (Å²) in [7, 11) is 1.64. The predicted octanol–water partition coefficient (Wildman–Crippen LogP) is 2.93. The number of benzene rings is 1. The first-order valence-corrected chi connectivity index (χ1v) is 9.53. The van der Waals surface area contributed by atoms with Gasteiger partial charge in [-0.1, -0.05) is 29.5 Å². The highest BCUT2D eigenvalue weighted by molar-refractivity contribution is 8.18. The van der Waals surface area contributed by atoms with E-state index < -0.39 is 12.1 Å². The highest BCUT2D eigenvalue weighted by atomic mass is 32.2. The molecule has 0 aliphatic carbocycles. The minimum atomic E-state index is -1.06. The summed E-state index contributed by atoms with van der Waals surface area (Å²) in [4.78, 5) is 29.9. The van der Waals surface area contributed by atoms with Gasteiger partial charge in [0.2, 0.25) is 5.13 Å². The van der Waals surface area contributed by atoms with Crippen molar-refractivity contribution in [3.05, 3.63) is 39.7 Å². The Balaban J connectivity index is 1.88. The standard InChI is InChI=1S/C17H16N4O4S2/c1-9(15(23)24)25-12-7-5-4-6-11(12)8-13-14(22)21(3)17(27-13)18-16-20-19-10(2)26-16/h4-9H,1-3H3,(H,23,24)/b13-8+,18-17+. The van der Waals surface area contributed by atoms with E-state index in [4.69, 9.17) is 9.84 Å². The molecule has 2 aromatic rings. The van der Waals surface area contributed by atoms with E-state index in [-0.39, 0.29) is 5.91 Å². The normalized spacial score (nSPS) is 18.3. The van der Waals surface area contributed by atoms with Crippen LogP contribution < -0.4 is 4.74 Å². The molecule has 10 heteroatoms. The smallest absolute Gasteiger partial charge is 0.344 e. The van der Waals surface area contributed by atoms with Crippen LogP contribution in [0.3, 0.4) is 0 Å². The van der Waals surface area contributed by atoms with Gasteiger partial charge in [-0.15, -0.1) is 10.2 Å². The summed E-state index contributed by atoms with van der Waals surface area (Å²) in [5.74, 6) is -0.882. The van der Waals surface area contributed by atoms with Crippen LogP contribution in [-0.4, -0.2) is 50.4 Å². The molecule has 1 aromatic carbocycles. The van der Waals surface area contributed by atoms with Gasteiger partial charge in [-0.05, 0) is 37.8 Å². The van der Waals surface area contributed by atoms with Crippen molar-refractivity contribution in [3.8, 4) is 5.75 Å². The van der Waals surface area contributed by atoms with Gasteiger partial charge in [0, 0.05) is 12.6 Å². The molecule has 1 unspecified atom stereocenters. The fourth-order valence-electron chi connectivity index (χ4n) is 2.15. The summed E-state index contributed by atoms with van der Waals surface area (Å²) < 4.78 is 5.48. The Labute approximate surface area is 163 Å². The van der Waals surface area contributed by atoms with Gasteiger partial charge in [0.1, 0.15) is 10.8 Å². The molecule has 0 spiro atoms. The summed E-state index contributed by atoms with van der Waals surface area (Å²) in [6, 6.07) is 6.95. The van der Waals surface area contributed by atoms with Crippen LogP contribution in [0.15, 0.2) is 34.2 Å². The van der Waals surface area contributed by atoms with Crippen LogP contribution in [0.4, 0.5) is 5.13 Å². The first-order chi connectivity index (χ1) is 12.8. The van der Waals surface area contributed by atoms with E-state index in [0.29, 0.717) is 26.5 Å². The van der Waals surface area contributed by atoms with E-state index in [1.807, 2.05) is 6.92 Å². The molecule has 1 atom stereocenters. The van der Waals surface area contributed by atoms with E-state index in [0.717, 1.165) is 5.01 Å². The molecule has 1 saturated heterocycles. The number of ether oxygens (including phenoxy) is 1. The number of amidine groups is 1. The number of rotatable bonds is 5. The first kappa shape index (κ1) is 19.1. The van der Waals surface area contributed by atoms with Gasteiger partial charge in [-0.3, -0.25) is 9.69 Å². The van der Waals surface area contributed by atoms with Gasteiger partial charge in [0.05, 0.1) is 4.91 Å². The Bertz CT molecular complexity index is 954. The van der Waals surface area contributed by atoms with Crippen LogP contribution in [0, 0.1) is 6.92 Å². The lowest BCUT2D eigenvalue weighted by molar-refractivity contribution is -0.144. The molecule has 0 bridgehead atoms. The molecular formula is C17H16N4O4S2. The number of hydrogen-bond acceptors (Lipinski definition) is 8. The van der Waals surface area contributed by atoms with Crippen molar-refractivity contribution in [2.24, 2.45) is 4.99 Å². The summed E-state index contributed by atoms with van der Waals surface area (Å²) in [6.45, 7) is 3.28. The van der Waals surface area contributed by atoms with Crippen LogP contribution in [-0.2, 0) is 9.59 Å². The van der Waals surface area contributed by atoms with Crippen LogP contribution in [0.5, 0.6) is 5.75 Å². The Morgan fingerprint density at radius 1 is 1.37 bits per heavy atom. The van der Waals surface area contributed by atoms with Crippen molar-refractivity contribution < 1.29 is 19.4 Å². The number of likely N-dealkylation sites (N-methyl/N-ethyl adjacent to an activating group) is 1. The molecule has 0 saturated carbocycles. The molecule has 1 aliphatic rings. The zero-order valence-electron chi connectivity index (χ0n) is 14.7. The number of nitrogens with zero attached hydrogens (tertiary/aromatic N) is 4. The van der Waals surface area contributed by atoms with Crippen molar-refractivity contribution in [1.82, 2.24) is 15.1 Å². The lowest BCUT2D eigenvalue weighted by atomic mass is 10.2. The molecule has 1 amide bonds. The van der Waals surface area contributed by atoms with Gasteiger partial charge in [-0.2, -0.15) is 4.99 Å². The molecular weight excluding hydrogens is 388 g/mol. The zero-order chi connectivity index (χ0) is 19.6. The number of carboxylic acid groups (broad SMARTS) is 1. The van der Waals surface area contributed by atoms with Crippen molar-refractivity contribution >= 4 is 51.4 Å².